The lowest BCUT2D eigenvalue weighted by atomic mass is 9.98. The number of carbonyl (C=O) groups excluding carboxylic acids is 1. The second-order valence-corrected chi connectivity index (χ2v) is 7.66. The molecule has 0 unspecified atom stereocenters. The van der Waals surface area contributed by atoms with Crippen LogP contribution in [-0.2, 0) is 13.0 Å². The molecule has 29 heavy (non-hydrogen) atoms. The van der Waals surface area contributed by atoms with E-state index in [0.717, 1.165) is 36.3 Å². The van der Waals surface area contributed by atoms with Crippen LogP contribution >= 0.6 is 0 Å². The Morgan fingerprint density at radius 3 is 2.45 bits per heavy atom. The third kappa shape index (κ3) is 3.97. The highest BCUT2D eigenvalue weighted by Crippen LogP contribution is 2.36. The SMILES string of the molecule is COc1cc(C(=O)N2CCc3cc(OC)c(OC4CCCC4)cc3C2)ccc1O. The summed E-state index contributed by atoms with van der Waals surface area (Å²) in [7, 11) is 3.14. The van der Waals surface area contributed by atoms with Crippen molar-refractivity contribution in [2.45, 2.75) is 44.8 Å². The van der Waals surface area contributed by atoms with Gasteiger partial charge in [0, 0.05) is 18.7 Å². The molecule has 2 aliphatic rings. The van der Waals surface area contributed by atoms with Gasteiger partial charge in [0.15, 0.2) is 23.0 Å². The van der Waals surface area contributed by atoms with Crippen LogP contribution in [0.3, 0.4) is 0 Å². The fraction of sp³-hybridized carbons (Fsp3) is 0.435. The molecule has 154 valence electrons. The minimum absolute atomic E-state index is 0.0221. The van der Waals surface area contributed by atoms with Gasteiger partial charge in [0.05, 0.1) is 20.3 Å². The first-order valence-corrected chi connectivity index (χ1v) is 10.1. The maximum Gasteiger partial charge on any atom is 0.254 e. The number of methoxy groups -OCH3 is 2. The lowest BCUT2D eigenvalue weighted by molar-refractivity contribution is 0.0733. The Labute approximate surface area is 171 Å². The molecular formula is C23H27NO5. The van der Waals surface area contributed by atoms with Gasteiger partial charge in [0.25, 0.3) is 5.91 Å². The number of fused-ring (bicyclic) bond motifs is 1. The summed E-state index contributed by atoms with van der Waals surface area (Å²) in [4.78, 5) is 14.8. The highest BCUT2D eigenvalue weighted by molar-refractivity contribution is 5.95. The minimum Gasteiger partial charge on any atom is -0.504 e. The number of hydrogen-bond donors (Lipinski definition) is 1. The summed E-state index contributed by atoms with van der Waals surface area (Å²) < 4.78 is 16.9. The Kier molecular flexibility index (Phi) is 5.51. The average Bonchev–Trinajstić information content (AvgIpc) is 3.25. The molecule has 0 bridgehead atoms. The maximum absolute atomic E-state index is 13.0. The van der Waals surface area contributed by atoms with E-state index in [1.54, 1.807) is 19.2 Å². The summed E-state index contributed by atoms with van der Waals surface area (Å²) in [5.74, 6) is 1.76. The number of aromatic hydroxyl groups is 1. The van der Waals surface area contributed by atoms with Crippen molar-refractivity contribution in [3.8, 4) is 23.0 Å². The number of ether oxygens (including phenoxy) is 3. The number of hydrogen-bond acceptors (Lipinski definition) is 5. The van der Waals surface area contributed by atoms with Crippen molar-refractivity contribution in [2.75, 3.05) is 20.8 Å². The van der Waals surface area contributed by atoms with Gasteiger partial charge in [-0.05, 0) is 73.6 Å². The highest BCUT2D eigenvalue weighted by Gasteiger charge is 2.26. The Morgan fingerprint density at radius 1 is 1.00 bits per heavy atom. The van der Waals surface area contributed by atoms with Gasteiger partial charge in [0.1, 0.15) is 0 Å². The molecule has 2 aromatic rings. The molecule has 0 spiro atoms. The van der Waals surface area contributed by atoms with Crippen LogP contribution in [0.2, 0.25) is 0 Å². The summed E-state index contributed by atoms with van der Waals surface area (Å²) in [6.45, 7) is 1.14. The molecule has 2 aromatic carbocycles. The molecule has 1 saturated carbocycles. The molecule has 1 N–H and O–H groups in total. The van der Waals surface area contributed by atoms with Crippen LogP contribution in [-0.4, -0.2) is 42.8 Å². The van der Waals surface area contributed by atoms with Crippen LogP contribution in [0.1, 0.15) is 47.2 Å². The molecule has 6 heteroatoms. The van der Waals surface area contributed by atoms with E-state index in [4.69, 9.17) is 14.2 Å². The summed E-state index contributed by atoms with van der Waals surface area (Å²) in [5.41, 5.74) is 2.77. The maximum atomic E-state index is 13.0. The first kappa shape index (κ1) is 19.4. The monoisotopic (exact) mass is 397 g/mol. The van der Waals surface area contributed by atoms with E-state index >= 15 is 0 Å². The van der Waals surface area contributed by atoms with Crippen molar-refractivity contribution in [2.24, 2.45) is 0 Å². The quantitative estimate of drug-likeness (QED) is 0.828. The summed E-state index contributed by atoms with van der Waals surface area (Å²) in [6.07, 6.45) is 5.57. The fourth-order valence-corrected chi connectivity index (χ4v) is 4.17. The number of benzene rings is 2. The van der Waals surface area contributed by atoms with Gasteiger partial charge in [-0.15, -0.1) is 0 Å². The second-order valence-electron chi connectivity index (χ2n) is 7.66. The summed E-state index contributed by atoms with van der Waals surface area (Å²) >= 11 is 0. The fourth-order valence-electron chi connectivity index (χ4n) is 4.17. The summed E-state index contributed by atoms with van der Waals surface area (Å²) in [6, 6.07) is 8.77. The normalized spacial score (nSPS) is 16.4. The Hall–Kier alpha value is -2.89. The van der Waals surface area contributed by atoms with Crippen molar-refractivity contribution < 1.29 is 24.1 Å². The third-order valence-corrected chi connectivity index (χ3v) is 5.81. The zero-order valence-corrected chi connectivity index (χ0v) is 16.9. The van der Waals surface area contributed by atoms with Gasteiger partial charge < -0.3 is 24.2 Å². The van der Waals surface area contributed by atoms with Crippen LogP contribution in [0.5, 0.6) is 23.0 Å². The minimum atomic E-state index is -0.0805. The zero-order valence-electron chi connectivity index (χ0n) is 16.9. The van der Waals surface area contributed by atoms with Crippen LogP contribution in [0.15, 0.2) is 30.3 Å². The Bertz CT molecular complexity index is 904. The van der Waals surface area contributed by atoms with Crippen molar-refractivity contribution in [3.63, 3.8) is 0 Å². The van der Waals surface area contributed by atoms with E-state index in [9.17, 15) is 9.90 Å². The highest BCUT2D eigenvalue weighted by atomic mass is 16.5. The van der Waals surface area contributed by atoms with Crippen molar-refractivity contribution >= 4 is 5.91 Å². The van der Waals surface area contributed by atoms with Gasteiger partial charge in [-0.25, -0.2) is 0 Å². The smallest absolute Gasteiger partial charge is 0.254 e. The first-order chi connectivity index (χ1) is 14.1. The topological polar surface area (TPSA) is 68.2 Å². The molecule has 1 heterocycles. The number of amides is 1. The molecule has 0 aromatic heterocycles. The van der Waals surface area contributed by atoms with Crippen molar-refractivity contribution in [3.05, 3.63) is 47.0 Å². The predicted octanol–water partition coefficient (Wildman–Crippen LogP) is 3.93. The lowest BCUT2D eigenvalue weighted by Crippen LogP contribution is -2.36. The van der Waals surface area contributed by atoms with E-state index in [1.165, 1.54) is 31.6 Å². The number of rotatable bonds is 5. The van der Waals surface area contributed by atoms with Gasteiger partial charge in [-0.2, -0.15) is 0 Å². The molecular weight excluding hydrogens is 370 g/mol. The van der Waals surface area contributed by atoms with Gasteiger partial charge in [-0.1, -0.05) is 0 Å². The lowest BCUT2D eigenvalue weighted by Gasteiger charge is -2.30. The number of nitrogens with zero attached hydrogens (tertiary/aromatic N) is 1. The van der Waals surface area contributed by atoms with Crippen LogP contribution in [0.4, 0.5) is 0 Å². The van der Waals surface area contributed by atoms with E-state index in [1.807, 2.05) is 17.0 Å². The molecule has 1 aliphatic heterocycles. The zero-order chi connectivity index (χ0) is 20.4. The van der Waals surface area contributed by atoms with Gasteiger partial charge in [-0.3, -0.25) is 4.79 Å². The number of carbonyl (C=O) groups is 1. The predicted molar refractivity (Wildman–Crippen MR) is 109 cm³/mol. The van der Waals surface area contributed by atoms with Crippen molar-refractivity contribution in [1.82, 2.24) is 4.90 Å². The third-order valence-electron chi connectivity index (χ3n) is 5.81. The summed E-state index contributed by atoms with van der Waals surface area (Å²) in [5, 5.41) is 9.78. The first-order valence-electron chi connectivity index (χ1n) is 10.1. The van der Waals surface area contributed by atoms with E-state index < -0.39 is 0 Å². The molecule has 1 fully saturated rings. The standard InChI is InChI=1S/C23H27NO5/c1-27-20-12-16(7-8-19(20)25)23(26)24-10-9-15-11-21(28-2)22(13-17(15)14-24)29-18-5-3-4-6-18/h7-8,11-13,18,25H,3-6,9-10,14H2,1-2H3. The Morgan fingerprint density at radius 2 is 1.72 bits per heavy atom. The molecule has 1 aliphatic carbocycles. The van der Waals surface area contributed by atoms with Gasteiger partial charge in [0.2, 0.25) is 0 Å². The molecule has 4 rings (SSSR count). The van der Waals surface area contributed by atoms with Crippen LogP contribution < -0.4 is 14.2 Å². The molecule has 0 saturated heterocycles. The average molecular weight is 397 g/mol. The van der Waals surface area contributed by atoms with E-state index in [2.05, 4.69) is 0 Å². The van der Waals surface area contributed by atoms with E-state index in [0.29, 0.717) is 24.4 Å². The largest absolute Gasteiger partial charge is 0.504 e. The van der Waals surface area contributed by atoms with Crippen molar-refractivity contribution in [1.29, 1.82) is 0 Å². The van der Waals surface area contributed by atoms with Crippen LogP contribution in [0.25, 0.3) is 0 Å². The number of phenolic OH excluding ortho intramolecular Hbond substituents is 1. The molecule has 1 amide bonds. The van der Waals surface area contributed by atoms with E-state index in [-0.39, 0.29) is 17.8 Å². The molecule has 6 nitrogen and oxygen atoms in total. The van der Waals surface area contributed by atoms with Crippen LogP contribution in [0, 0.1) is 0 Å². The van der Waals surface area contributed by atoms with Gasteiger partial charge >= 0.3 is 0 Å². The molecule has 0 radical (unpaired) electrons. The second kappa shape index (κ2) is 8.23. The molecule has 0 atom stereocenters. The Balaban J connectivity index is 1.56. The number of phenols is 1.